The van der Waals surface area contributed by atoms with E-state index in [9.17, 15) is 19.7 Å². The summed E-state index contributed by atoms with van der Waals surface area (Å²) in [7, 11) is 0. The van der Waals surface area contributed by atoms with Gasteiger partial charge in [-0.15, -0.1) is 0 Å². The highest BCUT2D eigenvalue weighted by atomic mass is 16.6. The van der Waals surface area contributed by atoms with E-state index in [0.29, 0.717) is 13.0 Å². The maximum absolute atomic E-state index is 12.5. The van der Waals surface area contributed by atoms with Crippen LogP contribution < -0.4 is 5.32 Å². The lowest BCUT2D eigenvalue weighted by atomic mass is 9.82. The molecular weight excluding hydrogens is 298 g/mol. The van der Waals surface area contributed by atoms with Gasteiger partial charge in [-0.1, -0.05) is 25.0 Å². The number of carbonyl (C=O) groups is 2. The molecule has 1 aliphatic carbocycles. The van der Waals surface area contributed by atoms with Gasteiger partial charge in [0.25, 0.3) is 5.69 Å². The van der Waals surface area contributed by atoms with Crippen LogP contribution in [0.4, 0.5) is 10.5 Å². The number of nitro groups is 1. The second kappa shape index (κ2) is 6.36. The Labute approximate surface area is 133 Å². The van der Waals surface area contributed by atoms with Crippen molar-refractivity contribution in [2.75, 3.05) is 6.54 Å². The first-order valence-corrected chi connectivity index (χ1v) is 7.91. The minimum atomic E-state index is -0.450. The first-order chi connectivity index (χ1) is 11.1. The molecule has 1 aromatic carbocycles. The summed E-state index contributed by atoms with van der Waals surface area (Å²) in [5, 5.41) is 13.6. The van der Waals surface area contributed by atoms with Crippen molar-refractivity contribution in [3.63, 3.8) is 0 Å². The molecule has 3 amide bonds. The molecule has 2 unspecified atom stereocenters. The van der Waals surface area contributed by atoms with Gasteiger partial charge in [0.05, 0.1) is 10.8 Å². The van der Waals surface area contributed by atoms with Crippen molar-refractivity contribution in [1.82, 2.24) is 10.2 Å². The van der Waals surface area contributed by atoms with Gasteiger partial charge in [-0.2, -0.15) is 0 Å². The molecule has 1 N–H and O–H groups in total. The zero-order valence-corrected chi connectivity index (χ0v) is 12.7. The monoisotopic (exact) mass is 317 g/mol. The molecule has 0 aromatic heterocycles. The third-order valence-corrected chi connectivity index (χ3v) is 4.67. The van der Waals surface area contributed by atoms with Gasteiger partial charge >= 0.3 is 6.03 Å². The van der Waals surface area contributed by atoms with Crippen molar-refractivity contribution in [3.8, 4) is 0 Å². The summed E-state index contributed by atoms with van der Waals surface area (Å²) in [5.41, 5.74) is 0.896. The fraction of sp³-hybridized carbons (Fsp3) is 0.500. The number of urea groups is 1. The second-order valence-electron chi connectivity index (χ2n) is 6.11. The normalized spacial score (nSPS) is 24.1. The van der Waals surface area contributed by atoms with Crippen LogP contribution in [0.2, 0.25) is 0 Å². The number of nitrogens with zero attached hydrogens (tertiary/aromatic N) is 2. The smallest absolute Gasteiger partial charge is 0.324 e. The predicted octanol–water partition coefficient (Wildman–Crippen LogP) is 2.25. The van der Waals surface area contributed by atoms with Crippen molar-refractivity contribution in [3.05, 3.63) is 39.9 Å². The van der Waals surface area contributed by atoms with E-state index in [4.69, 9.17) is 0 Å². The van der Waals surface area contributed by atoms with E-state index in [1.165, 1.54) is 17.0 Å². The lowest BCUT2D eigenvalue weighted by Gasteiger charge is -2.40. The van der Waals surface area contributed by atoms with Gasteiger partial charge in [-0.25, -0.2) is 4.79 Å². The summed E-state index contributed by atoms with van der Waals surface area (Å²) in [6.45, 7) is 0.297. The zero-order valence-electron chi connectivity index (χ0n) is 12.7. The molecule has 122 valence electrons. The average Bonchev–Trinajstić information content (AvgIpc) is 2.55. The Morgan fingerprint density at radius 1 is 1.17 bits per heavy atom. The SMILES string of the molecule is O=C1NC2CCCCC2C(=O)N1CCc1ccc([N+](=O)[O-])cc1. The molecule has 3 rings (SSSR count). The maximum Gasteiger partial charge on any atom is 0.324 e. The maximum atomic E-state index is 12.5. The lowest BCUT2D eigenvalue weighted by molar-refractivity contribution is -0.384. The molecule has 1 aliphatic heterocycles. The number of amides is 3. The molecule has 1 heterocycles. The number of carbonyl (C=O) groups excluding carboxylic acids is 2. The molecule has 0 bridgehead atoms. The summed E-state index contributed by atoms with van der Waals surface area (Å²) < 4.78 is 0. The number of nitro benzene ring substituents is 1. The van der Waals surface area contributed by atoms with E-state index >= 15 is 0 Å². The third-order valence-electron chi connectivity index (χ3n) is 4.67. The van der Waals surface area contributed by atoms with Gasteiger partial charge in [0.2, 0.25) is 5.91 Å². The van der Waals surface area contributed by atoms with Gasteiger partial charge in [0.15, 0.2) is 0 Å². The highest BCUT2D eigenvalue weighted by Crippen LogP contribution is 2.29. The number of benzene rings is 1. The number of fused-ring (bicyclic) bond motifs is 1. The van der Waals surface area contributed by atoms with E-state index in [1.807, 2.05) is 0 Å². The van der Waals surface area contributed by atoms with Crippen molar-refractivity contribution in [2.24, 2.45) is 5.92 Å². The van der Waals surface area contributed by atoms with Crippen LogP contribution in [-0.4, -0.2) is 34.3 Å². The molecule has 0 spiro atoms. The summed E-state index contributed by atoms with van der Waals surface area (Å²) in [5.74, 6) is -0.182. The first-order valence-electron chi connectivity index (χ1n) is 7.91. The molecule has 1 aromatic rings. The number of hydrogen-bond donors (Lipinski definition) is 1. The predicted molar refractivity (Wildman–Crippen MR) is 82.8 cm³/mol. The van der Waals surface area contributed by atoms with Crippen LogP contribution in [0.1, 0.15) is 31.2 Å². The molecule has 2 aliphatic rings. The minimum absolute atomic E-state index is 0.0145. The highest BCUT2D eigenvalue weighted by molar-refractivity contribution is 5.98. The van der Waals surface area contributed by atoms with Crippen LogP contribution >= 0.6 is 0 Å². The Balaban J connectivity index is 1.63. The second-order valence-corrected chi connectivity index (χ2v) is 6.11. The van der Waals surface area contributed by atoms with Crippen LogP contribution in [0.25, 0.3) is 0 Å². The van der Waals surface area contributed by atoms with Gasteiger partial charge in [-0.05, 0) is 24.8 Å². The summed E-state index contributed by atoms with van der Waals surface area (Å²) in [6.07, 6.45) is 4.28. The van der Waals surface area contributed by atoms with Gasteiger partial charge < -0.3 is 5.32 Å². The summed E-state index contributed by atoms with van der Waals surface area (Å²) in [6, 6.07) is 5.86. The Morgan fingerprint density at radius 3 is 2.57 bits per heavy atom. The molecule has 2 atom stereocenters. The quantitative estimate of drug-likeness (QED) is 0.681. The molecule has 0 radical (unpaired) electrons. The first kappa shape index (κ1) is 15.5. The van der Waals surface area contributed by atoms with Crippen molar-refractivity contribution < 1.29 is 14.5 Å². The van der Waals surface area contributed by atoms with Crippen LogP contribution in [0.3, 0.4) is 0 Å². The molecule has 7 nitrogen and oxygen atoms in total. The fourth-order valence-electron chi connectivity index (χ4n) is 3.37. The van der Waals surface area contributed by atoms with Crippen LogP contribution in [0, 0.1) is 16.0 Å². The van der Waals surface area contributed by atoms with Gasteiger partial charge in [-0.3, -0.25) is 19.8 Å². The fourth-order valence-corrected chi connectivity index (χ4v) is 3.37. The van der Waals surface area contributed by atoms with E-state index in [-0.39, 0.29) is 29.6 Å². The van der Waals surface area contributed by atoms with Crippen molar-refractivity contribution in [1.29, 1.82) is 0 Å². The van der Waals surface area contributed by atoms with E-state index < -0.39 is 4.92 Å². The molecular formula is C16H19N3O4. The van der Waals surface area contributed by atoms with Crippen LogP contribution in [0.5, 0.6) is 0 Å². The van der Waals surface area contributed by atoms with E-state index in [2.05, 4.69) is 5.32 Å². The number of hydrogen-bond acceptors (Lipinski definition) is 4. The topological polar surface area (TPSA) is 92.6 Å². The molecule has 1 saturated heterocycles. The Morgan fingerprint density at radius 2 is 1.87 bits per heavy atom. The molecule has 7 heteroatoms. The Bertz CT molecular complexity index is 629. The summed E-state index contributed by atoms with van der Waals surface area (Å²) in [4.78, 5) is 36.1. The van der Waals surface area contributed by atoms with Crippen molar-refractivity contribution >= 4 is 17.6 Å². The largest absolute Gasteiger partial charge is 0.334 e. The van der Waals surface area contributed by atoms with E-state index in [1.54, 1.807) is 12.1 Å². The number of imide groups is 1. The van der Waals surface area contributed by atoms with Gasteiger partial charge in [0.1, 0.15) is 0 Å². The highest BCUT2D eigenvalue weighted by Gasteiger charge is 2.41. The van der Waals surface area contributed by atoms with Crippen molar-refractivity contribution in [2.45, 2.75) is 38.1 Å². The van der Waals surface area contributed by atoms with E-state index in [0.717, 1.165) is 31.2 Å². The molecule has 23 heavy (non-hydrogen) atoms. The molecule has 1 saturated carbocycles. The Hall–Kier alpha value is -2.44. The average molecular weight is 317 g/mol. The number of rotatable bonds is 4. The minimum Gasteiger partial charge on any atom is -0.334 e. The third kappa shape index (κ3) is 3.18. The Kier molecular flexibility index (Phi) is 4.27. The lowest BCUT2D eigenvalue weighted by Crippen LogP contribution is -2.61. The molecule has 2 fully saturated rings. The van der Waals surface area contributed by atoms with Gasteiger partial charge in [0, 0.05) is 24.7 Å². The standard InChI is InChI=1S/C16H19N3O4/c20-15-13-3-1-2-4-14(13)17-16(21)18(15)10-9-11-5-7-12(8-6-11)19(22)23/h5-8,13-14H,1-4,9-10H2,(H,17,21). The van der Waals surface area contributed by atoms with Crippen LogP contribution in [-0.2, 0) is 11.2 Å². The van der Waals surface area contributed by atoms with Crippen LogP contribution in [0.15, 0.2) is 24.3 Å². The zero-order chi connectivity index (χ0) is 16.4. The number of non-ortho nitro benzene ring substituents is 1. The summed E-state index contributed by atoms with van der Waals surface area (Å²) >= 11 is 0. The number of nitrogens with one attached hydrogen (secondary N) is 1.